The Balaban J connectivity index is 1.75. The Morgan fingerprint density at radius 2 is 1.70 bits per heavy atom. The Morgan fingerprint density at radius 3 is 2.38 bits per heavy atom. The molecule has 206 valence electrons. The molecule has 1 amide bonds. The van der Waals surface area contributed by atoms with Crippen LogP contribution in [0, 0.1) is 0 Å². The highest BCUT2D eigenvalue weighted by Gasteiger charge is 2.38. The second-order valence-corrected chi connectivity index (χ2v) is 9.96. The van der Waals surface area contributed by atoms with Gasteiger partial charge in [0.1, 0.15) is 16.8 Å². The van der Waals surface area contributed by atoms with Crippen LogP contribution in [0.1, 0.15) is 37.9 Å². The molecule has 0 spiro atoms. The largest absolute Gasteiger partial charge is 0.497 e. The highest BCUT2D eigenvalue weighted by molar-refractivity contribution is 7.07. The minimum absolute atomic E-state index is 0.154. The van der Waals surface area contributed by atoms with Gasteiger partial charge in [0.2, 0.25) is 0 Å². The van der Waals surface area contributed by atoms with Crippen LogP contribution in [0.25, 0.3) is 5.57 Å². The number of para-hydroxylation sites is 1. The number of ether oxygens (including phenoxy) is 3. The summed E-state index contributed by atoms with van der Waals surface area (Å²) in [6, 6.07) is 13.2. The molecule has 0 N–H and O–H groups in total. The average Bonchev–Trinajstić information content (AvgIpc) is 3.40. The molecule has 10 nitrogen and oxygen atoms in total. The van der Waals surface area contributed by atoms with E-state index in [4.69, 9.17) is 14.2 Å². The van der Waals surface area contributed by atoms with Crippen LogP contribution in [0.3, 0.4) is 0 Å². The first-order chi connectivity index (χ1) is 19.3. The molecule has 3 aromatic rings. The third-order valence-corrected chi connectivity index (χ3v) is 7.72. The topological polar surface area (TPSA) is 116 Å². The first-order valence-corrected chi connectivity index (χ1v) is 13.5. The van der Waals surface area contributed by atoms with Crippen molar-refractivity contribution in [3.8, 4) is 5.75 Å². The number of methoxy groups -OCH3 is 1. The molecule has 0 bridgehead atoms. The van der Waals surface area contributed by atoms with Crippen molar-refractivity contribution in [2.45, 2.75) is 26.8 Å². The fraction of sp³-hybridized carbons (Fsp3) is 0.276. The van der Waals surface area contributed by atoms with E-state index < -0.39 is 29.4 Å². The molecule has 0 radical (unpaired) electrons. The lowest BCUT2D eigenvalue weighted by Crippen LogP contribution is -2.41. The predicted molar refractivity (Wildman–Crippen MR) is 148 cm³/mol. The summed E-state index contributed by atoms with van der Waals surface area (Å²) in [4.78, 5) is 59.6. The standard InChI is InChI=1S/C29H27N3O7S/c1-5-38-21(33)15-31-20-10-8-7-9-19(20)23(26(31)34)25-27(35)32-24(17-11-13-18(37-4)14-12-17)22(28(36)39-6-2)16(3)30-29(32)40-25/h7-14,24H,5-6,15H2,1-4H3/b25-23+/t24-/m1/s1. The van der Waals surface area contributed by atoms with Gasteiger partial charge in [0, 0.05) is 5.56 Å². The van der Waals surface area contributed by atoms with Gasteiger partial charge in [-0.1, -0.05) is 41.7 Å². The fourth-order valence-corrected chi connectivity index (χ4v) is 6.07. The minimum atomic E-state index is -0.835. The Bertz CT molecular complexity index is 1730. The number of thiazole rings is 1. The summed E-state index contributed by atoms with van der Waals surface area (Å²) in [5.74, 6) is -0.999. The van der Waals surface area contributed by atoms with Gasteiger partial charge in [0.25, 0.3) is 11.5 Å². The molecule has 40 heavy (non-hydrogen) atoms. The average molecular weight is 562 g/mol. The number of anilines is 1. The molecule has 2 aliphatic heterocycles. The maximum Gasteiger partial charge on any atom is 0.338 e. The van der Waals surface area contributed by atoms with E-state index in [1.807, 2.05) is 0 Å². The van der Waals surface area contributed by atoms with Crippen molar-refractivity contribution >= 4 is 40.4 Å². The summed E-state index contributed by atoms with van der Waals surface area (Å²) >= 11 is 1.07. The number of carbonyl (C=O) groups excluding carboxylic acids is 3. The summed E-state index contributed by atoms with van der Waals surface area (Å²) in [6.45, 7) is 5.14. The van der Waals surface area contributed by atoms with Gasteiger partial charge in [-0.3, -0.25) is 23.9 Å². The monoisotopic (exact) mass is 561 g/mol. The maximum absolute atomic E-state index is 14.2. The van der Waals surface area contributed by atoms with Crippen LogP contribution in [0.15, 0.2) is 69.6 Å². The van der Waals surface area contributed by atoms with E-state index in [2.05, 4.69) is 4.99 Å². The number of esters is 2. The molecular weight excluding hydrogens is 534 g/mol. The van der Waals surface area contributed by atoms with Gasteiger partial charge in [-0.2, -0.15) is 0 Å². The zero-order chi connectivity index (χ0) is 28.6. The van der Waals surface area contributed by atoms with Crippen molar-refractivity contribution < 1.29 is 28.6 Å². The highest BCUT2D eigenvalue weighted by atomic mass is 32.1. The number of aromatic nitrogens is 1. The molecule has 3 heterocycles. The molecule has 1 atom stereocenters. The Kier molecular flexibility index (Phi) is 7.40. The first-order valence-electron chi connectivity index (χ1n) is 12.7. The van der Waals surface area contributed by atoms with Crippen LogP contribution in [0.5, 0.6) is 5.75 Å². The molecule has 0 saturated carbocycles. The smallest absolute Gasteiger partial charge is 0.338 e. The minimum Gasteiger partial charge on any atom is -0.497 e. The number of fused-ring (bicyclic) bond motifs is 2. The zero-order valence-corrected chi connectivity index (χ0v) is 23.2. The molecule has 0 unspecified atom stereocenters. The molecule has 0 aliphatic carbocycles. The Labute approximate surface area is 233 Å². The third kappa shape index (κ3) is 4.51. The predicted octanol–water partition coefficient (Wildman–Crippen LogP) is 2.09. The maximum atomic E-state index is 14.2. The number of rotatable bonds is 7. The fourth-order valence-electron chi connectivity index (χ4n) is 4.94. The van der Waals surface area contributed by atoms with E-state index in [0.29, 0.717) is 33.1 Å². The van der Waals surface area contributed by atoms with Crippen molar-refractivity contribution in [3.63, 3.8) is 0 Å². The number of amides is 1. The van der Waals surface area contributed by atoms with Crippen LogP contribution in [-0.4, -0.2) is 49.3 Å². The highest BCUT2D eigenvalue weighted by Crippen LogP contribution is 2.35. The molecule has 5 rings (SSSR count). The van der Waals surface area contributed by atoms with E-state index in [9.17, 15) is 19.2 Å². The number of hydrogen-bond donors (Lipinski definition) is 0. The van der Waals surface area contributed by atoms with Crippen LogP contribution in [0.4, 0.5) is 5.69 Å². The first kappa shape index (κ1) is 27.1. The summed E-state index contributed by atoms with van der Waals surface area (Å²) in [6.07, 6.45) is 0. The Morgan fingerprint density at radius 1 is 1.00 bits per heavy atom. The van der Waals surface area contributed by atoms with Gasteiger partial charge in [-0.25, -0.2) is 9.79 Å². The second kappa shape index (κ2) is 10.9. The Hall–Kier alpha value is -4.51. The second-order valence-electron chi connectivity index (χ2n) is 8.98. The summed E-state index contributed by atoms with van der Waals surface area (Å²) < 4.78 is 17.3. The SMILES string of the molecule is CCOC(=O)CN1C(=O)/C(=c2/sc3n(c2=O)[C@H](c2ccc(OC)cc2)C(C(=O)OCC)=C(C)N=3)c2ccccc21. The van der Waals surface area contributed by atoms with Crippen molar-refractivity contribution in [3.05, 3.63) is 90.6 Å². The van der Waals surface area contributed by atoms with Gasteiger partial charge in [-0.15, -0.1) is 0 Å². The molecule has 2 aliphatic rings. The van der Waals surface area contributed by atoms with Crippen LogP contribution in [0.2, 0.25) is 0 Å². The zero-order valence-electron chi connectivity index (χ0n) is 22.4. The van der Waals surface area contributed by atoms with Crippen molar-refractivity contribution in [1.82, 2.24) is 4.57 Å². The van der Waals surface area contributed by atoms with Crippen molar-refractivity contribution in [2.75, 3.05) is 31.8 Å². The lowest BCUT2D eigenvalue weighted by molar-refractivity contribution is -0.142. The van der Waals surface area contributed by atoms with Crippen LogP contribution < -0.4 is 24.5 Å². The van der Waals surface area contributed by atoms with E-state index in [1.54, 1.807) is 76.4 Å². The number of nitrogens with zero attached hydrogens (tertiary/aromatic N) is 3. The van der Waals surface area contributed by atoms with Crippen LogP contribution >= 0.6 is 11.3 Å². The molecular formula is C29H27N3O7S. The number of hydrogen-bond acceptors (Lipinski definition) is 9. The number of benzene rings is 2. The molecule has 1 aromatic heterocycles. The van der Waals surface area contributed by atoms with Crippen LogP contribution in [-0.2, 0) is 23.9 Å². The number of carbonyl (C=O) groups is 3. The normalized spacial score (nSPS) is 17.2. The number of allylic oxidation sites excluding steroid dienone is 1. The molecule has 2 aromatic carbocycles. The van der Waals surface area contributed by atoms with Gasteiger partial charge in [-0.05, 0) is 44.5 Å². The van der Waals surface area contributed by atoms with Gasteiger partial charge >= 0.3 is 11.9 Å². The van der Waals surface area contributed by atoms with Crippen molar-refractivity contribution in [1.29, 1.82) is 0 Å². The summed E-state index contributed by atoms with van der Waals surface area (Å²) in [5.41, 5.74) is 2.04. The van der Waals surface area contributed by atoms with E-state index in [-0.39, 0.29) is 35.4 Å². The van der Waals surface area contributed by atoms with Gasteiger partial charge in [0.15, 0.2) is 4.80 Å². The van der Waals surface area contributed by atoms with Gasteiger partial charge in [0.05, 0.1) is 48.9 Å². The molecule has 0 fully saturated rings. The summed E-state index contributed by atoms with van der Waals surface area (Å²) in [7, 11) is 1.55. The molecule has 0 saturated heterocycles. The summed E-state index contributed by atoms with van der Waals surface area (Å²) in [5, 5.41) is 0. The third-order valence-electron chi connectivity index (χ3n) is 6.67. The lowest BCUT2D eigenvalue weighted by atomic mass is 9.96. The van der Waals surface area contributed by atoms with Gasteiger partial charge < -0.3 is 14.2 Å². The van der Waals surface area contributed by atoms with E-state index in [0.717, 1.165) is 11.3 Å². The van der Waals surface area contributed by atoms with Crippen molar-refractivity contribution in [2.24, 2.45) is 4.99 Å². The van der Waals surface area contributed by atoms with E-state index >= 15 is 0 Å². The van der Waals surface area contributed by atoms with E-state index in [1.165, 1.54) is 9.47 Å². The molecule has 11 heteroatoms. The lowest BCUT2D eigenvalue weighted by Gasteiger charge is -2.24. The quantitative estimate of drug-likeness (QED) is 0.406.